The van der Waals surface area contributed by atoms with Crippen molar-refractivity contribution >= 4 is 10.9 Å². The maximum Gasteiger partial charge on any atom is 0.122 e. The van der Waals surface area contributed by atoms with Crippen LogP contribution in [0.5, 0.6) is 5.75 Å². The Balaban J connectivity index is 1.58. The van der Waals surface area contributed by atoms with Crippen LogP contribution >= 0.6 is 0 Å². The van der Waals surface area contributed by atoms with Gasteiger partial charge in [0, 0.05) is 18.4 Å². The summed E-state index contributed by atoms with van der Waals surface area (Å²) >= 11 is 0. The highest BCUT2D eigenvalue weighted by Crippen LogP contribution is 2.19. The number of rotatable bonds is 5. The lowest BCUT2D eigenvalue weighted by atomic mass is 10.1. The van der Waals surface area contributed by atoms with E-state index in [-0.39, 0.29) is 0 Å². The predicted molar refractivity (Wildman–Crippen MR) is 85.8 cm³/mol. The molecule has 0 atom stereocenters. The summed E-state index contributed by atoms with van der Waals surface area (Å²) in [5.74, 6) is 0.986. The van der Waals surface area contributed by atoms with Gasteiger partial charge < -0.3 is 4.74 Å². The molecule has 0 saturated heterocycles. The van der Waals surface area contributed by atoms with E-state index in [2.05, 4.69) is 49.3 Å². The monoisotopic (exact) mass is 280 g/mol. The average molecular weight is 280 g/mol. The molecule has 0 amide bonds. The molecule has 0 aliphatic heterocycles. The highest BCUT2D eigenvalue weighted by atomic mass is 16.5. The van der Waals surface area contributed by atoms with E-state index in [0.717, 1.165) is 18.7 Å². The second-order valence-electron chi connectivity index (χ2n) is 5.40. The smallest absolute Gasteiger partial charge is 0.122 e. The summed E-state index contributed by atoms with van der Waals surface area (Å²) in [6, 6.07) is 14.6. The molecule has 0 bridgehead atoms. The van der Waals surface area contributed by atoms with Crippen LogP contribution in [0.4, 0.5) is 0 Å². The van der Waals surface area contributed by atoms with Crippen LogP contribution in [0.2, 0.25) is 0 Å². The summed E-state index contributed by atoms with van der Waals surface area (Å²) in [5.41, 5.74) is 3.60. The SMILES string of the molecule is Cc1ccc(C)c(OCCCn2ncc3ccccc32)c1. The van der Waals surface area contributed by atoms with Gasteiger partial charge in [0.1, 0.15) is 5.75 Å². The van der Waals surface area contributed by atoms with E-state index < -0.39 is 0 Å². The molecule has 0 radical (unpaired) electrons. The first-order valence-electron chi connectivity index (χ1n) is 7.34. The molecule has 21 heavy (non-hydrogen) atoms. The molecule has 0 fully saturated rings. The quantitative estimate of drug-likeness (QED) is 0.657. The molecule has 2 aromatic carbocycles. The summed E-state index contributed by atoms with van der Waals surface area (Å²) in [4.78, 5) is 0. The van der Waals surface area contributed by atoms with Crippen LogP contribution in [0.1, 0.15) is 17.5 Å². The van der Waals surface area contributed by atoms with Gasteiger partial charge in [0.25, 0.3) is 0 Å². The van der Waals surface area contributed by atoms with Gasteiger partial charge in [-0.15, -0.1) is 0 Å². The molecule has 0 N–H and O–H groups in total. The minimum Gasteiger partial charge on any atom is -0.493 e. The van der Waals surface area contributed by atoms with Gasteiger partial charge in [-0.05, 0) is 37.1 Å². The summed E-state index contributed by atoms with van der Waals surface area (Å²) in [7, 11) is 0. The van der Waals surface area contributed by atoms with Crippen molar-refractivity contribution in [3.8, 4) is 5.75 Å². The molecular formula is C18H20N2O. The van der Waals surface area contributed by atoms with E-state index in [1.54, 1.807) is 0 Å². The topological polar surface area (TPSA) is 27.1 Å². The largest absolute Gasteiger partial charge is 0.493 e. The molecule has 0 aliphatic rings. The Hall–Kier alpha value is -2.29. The van der Waals surface area contributed by atoms with Gasteiger partial charge in [-0.3, -0.25) is 4.68 Å². The summed E-state index contributed by atoms with van der Waals surface area (Å²) in [5, 5.41) is 5.62. The van der Waals surface area contributed by atoms with Crippen molar-refractivity contribution in [2.24, 2.45) is 0 Å². The number of hydrogen-bond donors (Lipinski definition) is 0. The zero-order valence-corrected chi connectivity index (χ0v) is 12.5. The lowest BCUT2D eigenvalue weighted by molar-refractivity contribution is 0.298. The number of ether oxygens (including phenoxy) is 1. The molecule has 0 unspecified atom stereocenters. The minimum atomic E-state index is 0.707. The Labute approximate surface area is 125 Å². The Morgan fingerprint density at radius 2 is 1.95 bits per heavy atom. The van der Waals surface area contributed by atoms with Crippen molar-refractivity contribution in [3.05, 3.63) is 59.8 Å². The number of benzene rings is 2. The molecule has 108 valence electrons. The number of aryl methyl sites for hydroxylation is 3. The summed E-state index contributed by atoms with van der Waals surface area (Å²) < 4.78 is 7.93. The second kappa shape index (κ2) is 6.00. The van der Waals surface area contributed by atoms with Crippen LogP contribution in [-0.2, 0) is 6.54 Å². The Morgan fingerprint density at radius 3 is 2.86 bits per heavy atom. The number of hydrogen-bond acceptors (Lipinski definition) is 2. The third kappa shape index (κ3) is 3.07. The fourth-order valence-corrected chi connectivity index (χ4v) is 2.46. The highest BCUT2D eigenvalue weighted by molar-refractivity contribution is 5.78. The van der Waals surface area contributed by atoms with E-state index in [1.165, 1.54) is 22.0 Å². The third-order valence-electron chi connectivity index (χ3n) is 3.67. The molecule has 3 rings (SSSR count). The zero-order valence-electron chi connectivity index (χ0n) is 12.5. The van der Waals surface area contributed by atoms with Crippen LogP contribution < -0.4 is 4.74 Å². The molecule has 0 aliphatic carbocycles. The van der Waals surface area contributed by atoms with Gasteiger partial charge in [0.15, 0.2) is 0 Å². The molecule has 3 nitrogen and oxygen atoms in total. The number of fused-ring (bicyclic) bond motifs is 1. The van der Waals surface area contributed by atoms with Crippen molar-refractivity contribution in [2.45, 2.75) is 26.8 Å². The standard InChI is InChI=1S/C18H20N2O/c1-14-8-9-15(2)18(12-14)21-11-5-10-20-17-7-4-3-6-16(17)13-19-20/h3-4,6-9,12-13H,5,10-11H2,1-2H3. The van der Waals surface area contributed by atoms with Gasteiger partial charge in [-0.25, -0.2) is 0 Å². The van der Waals surface area contributed by atoms with Gasteiger partial charge >= 0.3 is 0 Å². The second-order valence-corrected chi connectivity index (χ2v) is 5.40. The van der Waals surface area contributed by atoms with E-state index in [0.29, 0.717) is 6.61 Å². The first-order valence-corrected chi connectivity index (χ1v) is 7.34. The Bertz CT molecular complexity index is 746. The van der Waals surface area contributed by atoms with Gasteiger partial charge in [0.2, 0.25) is 0 Å². The minimum absolute atomic E-state index is 0.707. The Morgan fingerprint density at radius 1 is 1.10 bits per heavy atom. The van der Waals surface area contributed by atoms with Gasteiger partial charge in [0.05, 0.1) is 18.3 Å². The van der Waals surface area contributed by atoms with E-state index >= 15 is 0 Å². The van der Waals surface area contributed by atoms with Crippen molar-refractivity contribution in [1.29, 1.82) is 0 Å². The Kier molecular flexibility index (Phi) is 3.91. The average Bonchev–Trinajstić information content (AvgIpc) is 2.90. The van der Waals surface area contributed by atoms with E-state index in [4.69, 9.17) is 4.74 Å². The maximum atomic E-state index is 5.89. The first kappa shape index (κ1) is 13.7. The fraction of sp³-hybridized carbons (Fsp3) is 0.278. The predicted octanol–water partition coefficient (Wildman–Crippen LogP) is 4.12. The number of aromatic nitrogens is 2. The van der Waals surface area contributed by atoms with Crippen molar-refractivity contribution in [3.63, 3.8) is 0 Å². The molecule has 1 heterocycles. The lowest BCUT2D eigenvalue weighted by Gasteiger charge is -2.10. The molecule has 0 saturated carbocycles. The highest BCUT2D eigenvalue weighted by Gasteiger charge is 2.02. The van der Waals surface area contributed by atoms with Crippen LogP contribution in [-0.4, -0.2) is 16.4 Å². The van der Waals surface area contributed by atoms with Crippen LogP contribution in [0, 0.1) is 13.8 Å². The molecular weight excluding hydrogens is 260 g/mol. The van der Waals surface area contributed by atoms with Crippen LogP contribution in [0.3, 0.4) is 0 Å². The zero-order chi connectivity index (χ0) is 14.7. The van der Waals surface area contributed by atoms with Gasteiger partial charge in [-0.1, -0.05) is 30.3 Å². The molecule has 3 heteroatoms. The summed E-state index contributed by atoms with van der Waals surface area (Å²) in [6.45, 7) is 5.74. The molecule has 3 aromatic rings. The maximum absolute atomic E-state index is 5.89. The van der Waals surface area contributed by atoms with Crippen molar-refractivity contribution in [1.82, 2.24) is 9.78 Å². The lowest BCUT2D eigenvalue weighted by Crippen LogP contribution is -2.06. The number of para-hydroxylation sites is 1. The van der Waals surface area contributed by atoms with Crippen LogP contribution in [0.15, 0.2) is 48.7 Å². The van der Waals surface area contributed by atoms with E-state index in [1.807, 2.05) is 23.0 Å². The number of nitrogens with zero attached hydrogens (tertiary/aromatic N) is 2. The van der Waals surface area contributed by atoms with E-state index in [9.17, 15) is 0 Å². The van der Waals surface area contributed by atoms with Gasteiger partial charge in [-0.2, -0.15) is 5.10 Å². The molecule has 1 aromatic heterocycles. The van der Waals surface area contributed by atoms with Crippen LogP contribution in [0.25, 0.3) is 10.9 Å². The normalized spacial score (nSPS) is 11.0. The molecule has 0 spiro atoms. The fourth-order valence-electron chi connectivity index (χ4n) is 2.46. The first-order chi connectivity index (χ1) is 10.2. The summed E-state index contributed by atoms with van der Waals surface area (Å²) in [6.07, 6.45) is 2.86. The van der Waals surface area contributed by atoms with Crippen molar-refractivity contribution in [2.75, 3.05) is 6.61 Å². The van der Waals surface area contributed by atoms with Crippen molar-refractivity contribution < 1.29 is 4.74 Å². The third-order valence-corrected chi connectivity index (χ3v) is 3.67.